The van der Waals surface area contributed by atoms with Gasteiger partial charge in [0.2, 0.25) is 10.0 Å². The Morgan fingerprint density at radius 3 is 2.33 bits per heavy atom. The zero-order valence-electron chi connectivity index (χ0n) is 17.0. The molecular weight excluding hydrogens is 432 g/mol. The van der Waals surface area contributed by atoms with Gasteiger partial charge in [-0.15, -0.1) is 0 Å². The van der Waals surface area contributed by atoms with Gasteiger partial charge in [0.25, 0.3) is 5.91 Å². The van der Waals surface area contributed by atoms with E-state index in [4.69, 9.17) is 16.3 Å². The van der Waals surface area contributed by atoms with Crippen LogP contribution in [0.2, 0.25) is 5.02 Å². The minimum atomic E-state index is -3.37. The van der Waals surface area contributed by atoms with E-state index in [0.29, 0.717) is 23.5 Å². The zero-order chi connectivity index (χ0) is 22.5. The summed E-state index contributed by atoms with van der Waals surface area (Å²) in [6, 6.07) is 10.8. The van der Waals surface area contributed by atoms with Crippen LogP contribution in [0.1, 0.15) is 23.7 Å². The number of hydrogen-bond donors (Lipinski definition) is 1. The lowest BCUT2D eigenvalue weighted by Gasteiger charge is -2.19. The molecule has 8 nitrogen and oxygen atoms in total. The first-order chi connectivity index (χ1) is 14.1. The molecule has 1 atom stereocenters. The quantitative estimate of drug-likeness (QED) is 0.614. The van der Waals surface area contributed by atoms with Gasteiger partial charge in [-0.1, -0.05) is 18.5 Å². The molecule has 10 heteroatoms. The Hall–Kier alpha value is -2.78. The highest BCUT2D eigenvalue weighted by atomic mass is 35.5. The fraction of sp³-hybridized carbons (Fsp3) is 0.300. The van der Waals surface area contributed by atoms with Gasteiger partial charge in [-0.2, -0.15) is 0 Å². The predicted molar refractivity (Wildman–Crippen MR) is 116 cm³/mol. The number of nitrogens with zero attached hydrogens (tertiary/aromatic N) is 1. The Labute approximate surface area is 180 Å². The van der Waals surface area contributed by atoms with Gasteiger partial charge in [0, 0.05) is 12.7 Å². The largest absolute Gasteiger partial charge is 0.481 e. The molecule has 0 saturated heterocycles. The van der Waals surface area contributed by atoms with E-state index in [1.165, 1.54) is 26.3 Å². The van der Waals surface area contributed by atoms with Crippen LogP contribution in [0.3, 0.4) is 0 Å². The Morgan fingerprint density at radius 2 is 1.80 bits per heavy atom. The van der Waals surface area contributed by atoms with Gasteiger partial charge in [-0.3, -0.25) is 9.10 Å². The third kappa shape index (κ3) is 5.87. The lowest BCUT2D eigenvalue weighted by molar-refractivity contribution is -0.122. The van der Waals surface area contributed by atoms with Gasteiger partial charge in [-0.25, -0.2) is 13.2 Å². The molecule has 2 aromatic carbocycles. The van der Waals surface area contributed by atoms with Gasteiger partial charge in [0.15, 0.2) is 6.10 Å². The first-order valence-electron chi connectivity index (χ1n) is 8.96. The van der Waals surface area contributed by atoms with Crippen LogP contribution in [0.15, 0.2) is 42.5 Å². The van der Waals surface area contributed by atoms with Crippen molar-refractivity contribution in [1.29, 1.82) is 0 Å². The molecule has 0 radical (unpaired) electrons. The van der Waals surface area contributed by atoms with Crippen molar-refractivity contribution < 1.29 is 27.5 Å². The third-order valence-corrected chi connectivity index (χ3v) is 5.81. The SMILES string of the molecule is CCC(Oc1ccc(N(C)S(C)(=O)=O)cc1)C(=O)Nc1ccc(Cl)c(C(=O)OC)c1. The lowest BCUT2D eigenvalue weighted by atomic mass is 10.2. The molecule has 0 aliphatic rings. The maximum Gasteiger partial charge on any atom is 0.339 e. The van der Waals surface area contributed by atoms with E-state index < -0.39 is 28.0 Å². The number of methoxy groups -OCH3 is 1. The van der Waals surface area contributed by atoms with Crippen molar-refractivity contribution in [3.63, 3.8) is 0 Å². The Kier molecular flexibility index (Phi) is 7.69. The smallest absolute Gasteiger partial charge is 0.339 e. The second kappa shape index (κ2) is 9.82. The Balaban J connectivity index is 2.11. The van der Waals surface area contributed by atoms with Gasteiger partial charge in [0.05, 0.1) is 29.6 Å². The molecule has 1 amide bonds. The van der Waals surface area contributed by atoms with Crippen molar-refractivity contribution in [2.45, 2.75) is 19.4 Å². The van der Waals surface area contributed by atoms with Gasteiger partial charge >= 0.3 is 5.97 Å². The molecule has 162 valence electrons. The first kappa shape index (κ1) is 23.5. The average molecular weight is 455 g/mol. The fourth-order valence-electron chi connectivity index (χ4n) is 2.50. The first-order valence-corrected chi connectivity index (χ1v) is 11.2. The molecule has 0 aromatic heterocycles. The van der Waals surface area contributed by atoms with E-state index in [1.54, 1.807) is 37.3 Å². The van der Waals surface area contributed by atoms with Crippen LogP contribution in [0.25, 0.3) is 0 Å². The molecule has 1 N–H and O–H groups in total. The van der Waals surface area contributed by atoms with Crippen LogP contribution in [0.4, 0.5) is 11.4 Å². The van der Waals surface area contributed by atoms with E-state index >= 15 is 0 Å². The average Bonchev–Trinajstić information content (AvgIpc) is 2.71. The van der Waals surface area contributed by atoms with Crippen molar-refractivity contribution in [2.75, 3.05) is 30.0 Å². The standard InChI is InChI=1S/C20H23ClN2O6S/c1-5-18(29-15-9-7-14(8-10-15)23(2)30(4,26)27)19(24)22-13-6-11-17(21)16(12-13)20(25)28-3/h6-12,18H,5H2,1-4H3,(H,22,24). The maximum absolute atomic E-state index is 12.6. The number of hydrogen-bond acceptors (Lipinski definition) is 6. The van der Waals surface area contributed by atoms with Crippen LogP contribution in [0.5, 0.6) is 5.75 Å². The van der Waals surface area contributed by atoms with Crippen molar-refractivity contribution in [2.24, 2.45) is 0 Å². The van der Waals surface area contributed by atoms with Crippen LogP contribution in [-0.2, 0) is 19.6 Å². The van der Waals surface area contributed by atoms with Gasteiger partial charge in [0.1, 0.15) is 5.75 Å². The number of anilines is 2. The van der Waals surface area contributed by atoms with Crippen LogP contribution in [-0.4, -0.2) is 46.8 Å². The number of benzene rings is 2. The van der Waals surface area contributed by atoms with Crippen LogP contribution < -0.4 is 14.4 Å². The summed E-state index contributed by atoms with van der Waals surface area (Å²) in [5.74, 6) is -0.611. The summed E-state index contributed by atoms with van der Waals surface area (Å²) in [7, 11) is -0.687. The molecule has 0 saturated carbocycles. The molecule has 0 aliphatic heterocycles. The number of carbonyl (C=O) groups is 2. The van der Waals surface area contributed by atoms with Gasteiger partial charge in [-0.05, 0) is 48.9 Å². The van der Waals surface area contributed by atoms with Crippen molar-refractivity contribution in [1.82, 2.24) is 0 Å². The Bertz CT molecular complexity index is 1020. The predicted octanol–water partition coefficient (Wildman–Crippen LogP) is 3.32. The topological polar surface area (TPSA) is 102 Å². The minimum absolute atomic E-state index is 0.136. The second-order valence-electron chi connectivity index (χ2n) is 6.41. The third-order valence-electron chi connectivity index (χ3n) is 4.28. The van der Waals surface area contributed by atoms with Gasteiger partial charge < -0.3 is 14.8 Å². The molecule has 1 unspecified atom stereocenters. The summed E-state index contributed by atoms with van der Waals surface area (Å²) in [5.41, 5.74) is 0.979. The number of sulfonamides is 1. The number of carbonyl (C=O) groups excluding carboxylic acids is 2. The lowest BCUT2D eigenvalue weighted by Crippen LogP contribution is -2.32. The number of amides is 1. The molecule has 0 bridgehead atoms. The number of halogens is 1. The summed E-state index contributed by atoms with van der Waals surface area (Å²) < 4.78 is 34.8. The molecule has 30 heavy (non-hydrogen) atoms. The highest BCUT2D eigenvalue weighted by Gasteiger charge is 2.20. The molecule has 0 aliphatic carbocycles. The summed E-state index contributed by atoms with van der Waals surface area (Å²) in [4.78, 5) is 24.4. The molecular formula is C20H23ClN2O6S. The Morgan fingerprint density at radius 1 is 1.17 bits per heavy atom. The van der Waals surface area contributed by atoms with Crippen molar-refractivity contribution in [3.05, 3.63) is 53.1 Å². The normalized spacial score (nSPS) is 12.0. The number of nitrogens with one attached hydrogen (secondary N) is 1. The van der Waals surface area contributed by atoms with E-state index in [-0.39, 0.29) is 10.6 Å². The van der Waals surface area contributed by atoms with Crippen LogP contribution in [0, 0.1) is 0 Å². The highest BCUT2D eigenvalue weighted by molar-refractivity contribution is 7.92. The number of rotatable bonds is 8. The van der Waals surface area contributed by atoms with E-state index in [0.717, 1.165) is 10.6 Å². The molecule has 0 heterocycles. The monoisotopic (exact) mass is 454 g/mol. The van der Waals surface area contributed by atoms with E-state index in [9.17, 15) is 18.0 Å². The fourth-order valence-corrected chi connectivity index (χ4v) is 3.20. The van der Waals surface area contributed by atoms with E-state index in [2.05, 4.69) is 10.1 Å². The maximum atomic E-state index is 12.6. The second-order valence-corrected chi connectivity index (χ2v) is 8.84. The van der Waals surface area contributed by atoms with Crippen LogP contribution >= 0.6 is 11.6 Å². The molecule has 2 rings (SSSR count). The highest BCUT2D eigenvalue weighted by Crippen LogP contribution is 2.24. The summed E-state index contributed by atoms with van der Waals surface area (Å²) >= 11 is 5.99. The number of ether oxygens (including phenoxy) is 2. The minimum Gasteiger partial charge on any atom is -0.481 e. The summed E-state index contributed by atoms with van der Waals surface area (Å²) in [6.07, 6.45) is 0.687. The van der Waals surface area contributed by atoms with Crippen molar-refractivity contribution >= 4 is 44.9 Å². The summed E-state index contributed by atoms with van der Waals surface area (Å²) in [5, 5.41) is 2.90. The molecule has 2 aromatic rings. The number of esters is 1. The zero-order valence-corrected chi connectivity index (χ0v) is 18.6. The van der Waals surface area contributed by atoms with E-state index in [1.807, 2.05) is 0 Å². The molecule has 0 spiro atoms. The summed E-state index contributed by atoms with van der Waals surface area (Å²) in [6.45, 7) is 1.79. The van der Waals surface area contributed by atoms with Crippen molar-refractivity contribution in [3.8, 4) is 5.75 Å². The molecule has 0 fully saturated rings.